The Kier molecular flexibility index (Phi) is 3.92. The van der Waals surface area contributed by atoms with E-state index in [1.165, 1.54) is 10.6 Å². The average Bonchev–Trinajstić information content (AvgIpc) is 2.84. The molecule has 0 aliphatic carbocycles. The molecular weight excluding hydrogens is 240 g/mol. The van der Waals surface area contributed by atoms with Gasteiger partial charge in [-0.2, -0.15) is 0 Å². The molecule has 1 atom stereocenters. The quantitative estimate of drug-likeness (QED) is 0.849. The zero-order valence-electron chi connectivity index (χ0n) is 11.2. The normalized spacial score (nSPS) is 12.4. The van der Waals surface area contributed by atoms with Crippen molar-refractivity contribution >= 4 is 22.7 Å². The van der Waals surface area contributed by atoms with Crippen molar-refractivity contribution in [2.75, 3.05) is 17.7 Å². The lowest BCUT2D eigenvalue weighted by atomic mass is 10.1. The number of likely N-dealkylation sites (N-methyl/N-ethyl adjacent to an activating group) is 1. The predicted molar refractivity (Wildman–Crippen MR) is 81.5 cm³/mol. The minimum absolute atomic E-state index is 0.462. The van der Waals surface area contributed by atoms with E-state index in [9.17, 15) is 0 Å². The molecule has 0 radical (unpaired) electrons. The van der Waals surface area contributed by atoms with Crippen LogP contribution in [-0.4, -0.2) is 13.1 Å². The van der Waals surface area contributed by atoms with Gasteiger partial charge in [0.05, 0.1) is 0 Å². The van der Waals surface area contributed by atoms with Gasteiger partial charge in [0.15, 0.2) is 0 Å². The standard InChI is InChI=1S/C15H20N2S/c1-11(10-13-6-5-9-18-13)17(3)15-8-4-7-14(16)12(15)2/h4-9,11H,10,16H2,1-3H3. The molecule has 18 heavy (non-hydrogen) atoms. The van der Waals surface area contributed by atoms with Gasteiger partial charge >= 0.3 is 0 Å². The molecule has 0 aliphatic heterocycles. The number of thiophene rings is 1. The van der Waals surface area contributed by atoms with E-state index >= 15 is 0 Å². The Balaban J connectivity index is 2.15. The van der Waals surface area contributed by atoms with Gasteiger partial charge in [-0.25, -0.2) is 0 Å². The van der Waals surface area contributed by atoms with Gasteiger partial charge in [-0.3, -0.25) is 0 Å². The van der Waals surface area contributed by atoms with Crippen molar-refractivity contribution in [1.82, 2.24) is 0 Å². The van der Waals surface area contributed by atoms with Gasteiger partial charge in [-0.05, 0) is 43.0 Å². The van der Waals surface area contributed by atoms with Crippen LogP contribution in [0.1, 0.15) is 17.4 Å². The molecule has 1 heterocycles. The van der Waals surface area contributed by atoms with Crippen molar-refractivity contribution in [3.05, 3.63) is 46.2 Å². The van der Waals surface area contributed by atoms with Crippen LogP contribution < -0.4 is 10.6 Å². The molecule has 1 aromatic carbocycles. The van der Waals surface area contributed by atoms with E-state index in [-0.39, 0.29) is 0 Å². The largest absolute Gasteiger partial charge is 0.398 e. The Bertz CT molecular complexity index is 505. The van der Waals surface area contributed by atoms with Gasteiger partial charge < -0.3 is 10.6 Å². The van der Waals surface area contributed by atoms with E-state index in [0.29, 0.717) is 6.04 Å². The third kappa shape index (κ3) is 2.67. The average molecular weight is 260 g/mol. The molecule has 0 aliphatic rings. The van der Waals surface area contributed by atoms with Crippen LogP contribution in [0.3, 0.4) is 0 Å². The Hall–Kier alpha value is -1.48. The number of nitrogen functional groups attached to an aromatic ring is 1. The van der Waals surface area contributed by atoms with Gasteiger partial charge in [-0.1, -0.05) is 12.1 Å². The molecule has 2 N–H and O–H groups in total. The minimum Gasteiger partial charge on any atom is -0.398 e. The summed E-state index contributed by atoms with van der Waals surface area (Å²) in [6.07, 6.45) is 1.07. The number of benzene rings is 1. The Labute approximate surface area is 113 Å². The highest BCUT2D eigenvalue weighted by Gasteiger charge is 2.13. The summed E-state index contributed by atoms with van der Waals surface area (Å²) in [4.78, 5) is 3.74. The van der Waals surface area contributed by atoms with E-state index in [0.717, 1.165) is 17.7 Å². The van der Waals surface area contributed by atoms with Crippen molar-refractivity contribution in [3.63, 3.8) is 0 Å². The predicted octanol–water partition coefficient (Wildman–Crippen LogP) is 3.71. The maximum Gasteiger partial charge on any atom is 0.0416 e. The number of hydrogen-bond donors (Lipinski definition) is 1. The van der Waals surface area contributed by atoms with Crippen LogP contribution in [0.2, 0.25) is 0 Å². The second-order valence-corrected chi connectivity index (χ2v) is 5.77. The van der Waals surface area contributed by atoms with Crippen LogP contribution in [0.5, 0.6) is 0 Å². The zero-order valence-corrected chi connectivity index (χ0v) is 12.0. The van der Waals surface area contributed by atoms with Gasteiger partial charge in [0.25, 0.3) is 0 Å². The van der Waals surface area contributed by atoms with Crippen molar-refractivity contribution < 1.29 is 0 Å². The summed E-state index contributed by atoms with van der Waals surface area (Å²) in [5.41, 5.74) is 9.22. The monoisotopic (exact) mass is 260 g/mol. The molecule has 0 bridgehead atoms. The van der Waals surface area contributed by atoms with Crippen LogP contribution in [-0.2, 0) is 6.42 Å². The molecule has 1 unspecified atom stereocenters. The van der Waals surface area contributed by atoms with Gasteiger partial charge in [0.1, 0.15) is 0 Å². The number of hydrogen-bond acceptors (Lipinski definition) is 3. The van der Waals surface area contributed by atoms with E-state index in [4.69, 9.17) is 5.73 Å². The molecule has 1 aromatic heterocycles. The summed E-state index contributed by atoms with van der Waals surface area (Å²) >= 11 is 1.82. The molecule has 2 rings (SSSR count). The van der Waals surface area contributed by atoms with Gasteiger partial charge in [0.2, 0.25) is 0 Å². The van der Waals surface area contributed by atoms with Crippen LogP contribution in [0, 0.1) is 6.92 Å². The number of nitrogens with zero attached hydrogens (tertiary/aromatic N) is 1. The van der Waals surface area contributed by atoms with Crippen molar-refractivity contribution in [2.45, 2.75) is 26.3 Å². The molecule has 0 amide bonds. The first-order valence-corrected chi connectivity index (χ1v) is 7.08. The molecule has 0 saturated heterocycles. The summed E-state index contributed by atoms with van der Waals surface area (Å²) in [5, 5.41) is 2.13. The smallest absolute Gasteiger partial charge is 0.0416 e. The lowest BCUT2D eigenvalue weighted by molar-refractivity contribution is 0.687. The van der Waals surface area contributed by atoms with E-state index in [2.05, 4.69) is 49.4 Å². The molecule has 96 valence electrons. The summed E-state index contributed by atoms with van der Waals surface area (Å²) in [6, 6.07) is 10.9. The zero-order chi connectivity index (χ0) is 13.1. The second-order valence-electron chi connectivity index (χ2n) is 4.73. The van der Waals surface area contributed by atoms with Crippen molar-refractivity contribution in [3.8, 4) is 0 Å². The fourth-order valence-electron chi connectivity index (χ4n) is 2.12. The summed E-state index contributed by atoms with van der Waals surface area (Å²) < 4.78 is 0. The third-order valence-corrected chi connectivity index (χ3v) is 4.36. The maximum absolute atomic E-state index is 5.97. The minimum atomic E-state index is 0.462. The first-order chi connectivity index (χ1) is 8.59. The Morgan fingerprint density at radius 2 is 2.06 bits per heavy atom. The van der Waals surface area contributed by atoms with Gasteiger partial charge in [-0.15, -0.1) is 11.3 Å². The van der Waals surface area contributed by atoms with Crippen molar-refractivity contribution in [2.24, 2.45) is 0 Å². The highest BCUT2D eigenvalue weighted by Crippen LogP contribution is 2.26. The molecule has 2 aromatic rings. The van der Waals surface area contributed by atoms with Crippen LogP contribution in [0.4, 0.5) is 11.4 Å². The summed E-state index contributed by atoms with van der Waals surface area (Å²) in [5.74, 6) is 0. The Morgan fingerprint density at radius 3 is 2.72 bits per heavy atom. The lowest BCUT2D eigenvalue weighted by Gasteiger charge is -2.28. The van der Waals surface area contributed by atoms with Crippen molar-refractivity contribution in [1.29, 1.82) is 0 Å². The van der Waals surface area contributed by atoms with E-state index in [1.807, 2.05) is 23.5 Å². The van der Waals surface area contributed by atoms with Crippen LogP contribution in [0.25, 0.3) is 0 Å². The SMILES string of the molecule is Cc1c(N)cccc1N(C)C(C)Cc1cccs1. The van der Waals surface area contributed by atoms with E-state index < -0.39 is 0 Å². The Morgan fingerprint density at radius 1 is 1.28 bits per heavy atom. The van der Waals surface area contributed by atoms with Gasteiger partial charge in [0, 0.05) is 35.8 Å². The molecule has 0 spiro atoms. The first-order valence-electron chi connectivity index (χ1n) is 6.20. The summed E-state index contributed by atoms with van der Waals surface area (Å²) in [6.45, 7) is 4.33. The maximum atomic E-state index is 5.97. The van der Waals surface area contributed by atoms with Crippen LogP contribution >= 0.6 is 11.3 Å². The molecule has 2 nitrogen and oxygen atoms in total. The second kappa shape index (κ2) is 5.44. The lowest BCUT2D eigenvalue weighted by Crippen LogP contribution is -2.31. The van der Waals surface area contributed by atoms with Crippen LogP contribution in [0.15, 0.2) is 35.7 Å². The first kappa shape index (κ1) is 13.0. The molecule has 0 fully saturated rings. The highest BCUT2D eigenvalue weighted by atomic mass is 32.1. The topological polar surface area (TPSA) is 29.3 Å². The highest BCUT2D eigenvalue weighted by molar-refractivity contribution is 7.09. The molecular formula is C15H20N2S. The third-order valence-electron chi connectivity index (χ3n) is 3.46. The molecule has 3 heteroatoms. The fourth-order valence-corrected chi connectivity index (χ4v) is 2.94. The number of rotatable bonds is 4. The number of nitrogens with two attached hydrogens (primary N) is 1. The molecule has 0 saturated carbocycles. The van der Waals surface area contributed by atoms with E-state index in [1.54, 1.807) is 0 Å². The number of anilines is 2. The fraction of sp³-hybridized carbons (Fsp3) is 0.333. The summed E-state index contributed by atoms with van der Waals surface area (Å²) in [7, 11) is 2.14.